The van der Waals surface area contributed by atoms with E-state index in [0.29, 0.717) is 5.16 Å². The molecule has 2 aromatic rings. The van der Waals surface area contributed by atoms with E-state index in [1.165, 1.54) is 28.6 Å². The number of carbonyl (C=O) groups is 1. The summed E-state index contributed by atoms with van der Waals surface area (Å²) in [5, 5.41) is 3.99. The number of nitrogens with one attached hydrogen (secondary N) is 1. The van der Waals surface area contributed by atoms with Crippen molar-refractivity contribution in [1.82, 2.24) is 14.9 Å². The SMILES string of the molecule is CNC(=O)C(C)Sc1nc2sc3c(c2c(=O)n1C1CCCC1)CCCC3. The van der Waals surface area contributed by atoms with Gasteiger partial charge in [0.05, 0.1) is 10.6 Å². The van der Waals surface area contributed by atoms with Crippen molar-refractivity contribution in [1.29, 1.82) is 0 Å². The van der Waals surface area contributed by atoms with E-state index >= 15 is 0 Å². The Morgan fingerprint density at radius 3 is 2.73 bits per heavy atom. The van der Waals surface area contributed by atoms with E-state index in [0.717, 1.165) is 55.2 Å². The van der Waals surface area contributed by atoms with Crippen LogP contribution in [0.15, 0.2) is 9.95 Å². The van der Waals surface area contributed by atoms with Gasteiger partial charge in [-0.3, -0.25) is 14.2 Å². The van der Waals surface area contributed by atoms with Crippen molar-refractivity contribution in [2.75, 3.05) is 7.05 Å². The molecule has 0 saturated heterocycles. The summed E-state index contributed by atoms with van der Waals surface area (Å²) in [4.78, 5) is 32.6. The van der Waals surface area contributed by atoms with Crippen LogP contribution in [0.4, 0.5) is 0 Å². The first-order chi connectivity index (χ1) is 12.6. The van der Waals surface area contributed by atoms with Crippen LogP contribution < -0.4 is 10.9 Å². The van der Waals surface area contributed by atoms with Crippen LogP contribution in [0.3, 0.4) is 0 Å². The highest BCUT2D eigenvalue weighted by Crippen LogP contribution is 2.38. The van der Waals surface area contributed by atoms with Gasteiger partial charge in [0.2, 0.25) is 5.91 Å². The van der Waals surface area contributed by atoms with Crippen LogP contribution >= 0.6 is 23.1 Å². The molecule has 0 spiro atoms. The van der Waals surface area contributed by atoms with Gasteiger partial charge in [0.25, 0.3) is 5.56 Å². The number of fused-ring (bicyclic) bond motifs is 3. The molecule has 2 aromatic heterocycles. The van der Waals surface area contributed by atoms with Crippen molar-refractivity contribution >= 4 is 39.2 Å². The maximum atomic E-state index is 13.5. The quantitative estimate of drug-likeness (QED) is 0.638. The number of nitrogens with zero attached hydrogens (tertiary/aromatic N) is 2. The highest BCUT2D eigenvalue weighted by atomic mass is 32.2. The van der Waals surface area contributed by atoms with Crippen molar-refractivity contribution in [3.8, 4) is 0 Å². The lowest BCUT2D eigenvalue weighted by Gasteiger charge is -2.20. The van der Waals surface area contributed by atoms with E-state index in [1.54, 1.807) is 18.4 Å². The lowest BCUT2D eigenvalue weighted by Crippen LogP contribution is -2.30. The molecule has 1 atom stereocenters. The third kappa shape index (κ3) is 3.09. The second kappa shape index (κ2) is 7.35. The summed E-state index contributed by atoms with van der Waals surface area (Å²) < 4.78 is 1.92. The minimum Gasteiger partial charge on any atom is -0.358 e. The highest BCUT2D eigenvalue weighted by Gasteiger charge is 2.28. The van der Waals surface area contributed by atoms with Gasteiger partial charge in [-0.25, -0.2) is 4.98 Å². The summed E-state index contributed by atoms with van der Waals surface area (Å²) in [6.45, 7) is 1.87. The van der Waals surface area contributed by atoms with Gasteiger partial charge in [-0.2, -0.15) is 0 Å². The summed E-state index contributed by atoms with van der Waals surface area (Å²) in [7, 11) is 1.65. The molecule has 7 heteroatoms. The summed E-state index contributed by atoms with van der Waals surface area (Å²) in [5.41, 5.74) is 1.37. The molecule has 0 radical (unpaired) electrons. The summed E-state index contributed by atoms with van der Waals surface area (Å²) in [6.07, 6.45) is 8.80. The smallest absolute Gasteiger partial charge is 0.263 e. The van der Waals surface area contributed by atoms with Gasteiger partial charge in [-0.15, -0.1) is 11.3 Å². The molecule has 1 fully saturated rings. The van der Waals surface area contributed by atoms with Crippen molar-refractivity contribution < 1.29 is 4.79 Å². The van der Waals surface area contributed by atoms with E-state index < -0.39 is 0 Å². The molecule has 0 aromatic carbocycles. The number of aryl methyl sites for hydroxylation is 2. The maximum Gasteiger partial charge on any atom is 0.263 e. The number of thioether (sulfide) groups is 1. The Kier molecular flexibility index (Phi) is 5.10. The molecule has 5 nitrogen and oxygen atoms in total. The van der Waals surface area contributed by atoms with Crippen LogP contribution in [0, 0.1) is 0 Å². The van der Waals surface area contributed by atoms with E-state index in [9.17, 15) is 9.59 Å². The Balaban J connectivity index is 1.87. The predicted octanol–water partition coefficient (Wildman–Crippen LogP) is 3.68. The van der Waals surface area contributed by atoms with Crippen LogP contribution in [-0.4, -0.2) is 27.8 Å². The highest BCUT2D eigenvalue weighted by molar-refractivity contribution is 8.00. The molecule has 2 aliphatic rings. The first-order valence-corrected chi connectivity index (χ1v) is 11.2. The fourth-order valence-corrected chi connectivity index (χ4v) is 6.52. The normalized spacial score (nSPS) is 18.8. The van der Waals surface area contributed by atoms with Crippen LogP contribution in [0.25, 0.3) is 10.2 Å². The fraction of sp³-hybridized carbons (Fsp3) is 0.632. The van der Waals surface area contributed by atoms with Gasteiger partial charge in [0.1, 0.15) is 4.83 Å². The van der Waals surface area contributed by atoms with Gasteiger partial charge < -0.3 is 5.32 Å². The largest absolute Gasteiger partial charge is 0.358 e. The summed E-state index contributed by atoms with van der Waals surface area (Å²) in [6, 6.07) is 0.220. The molecule has 1 amide bonds. The molecule has 140 valence electrons. The molecule has 0 aliphatic heterocycles. The van der Waals surface area contributed by atoms with Gasteiger partial charge in [-0.05, 0) is 51.0 Å². The minimum absolute atomic E-state index is 0.0345. The average Bonchev–Trinajstić information content (AvgIpc) is 3.28. The molecule has 4 rings (SSSR count). The molecular formula is C19H25N3O2S2. The summed E-state index contributed by atoms with van der Waals surface area (Å²) >= 11 is 3.09. The second-order valence-electron chi connectivity index (χ2n) is 7.27. The zero-order chi connectivity index (χ0) is 18.3. The minimum atomic E-state index is -0.272. The zero-order valence-corrected chi connectivity index (χ0v) is 17.0. The molecular weight excluding hydrogens is 366 g/mol. The summed E-state index contributed by atoms with van der Waals surface area (Å²) in [5.74, 6) is -0.0345. The second-order valence-corrected chi connectivity index (χ2v) is 9.66. The molecule has 1 saturated carbocycles. The lowest BCUT2D eigenvalue weighted by atomic mass is 9.97. The van der Waals surface area contributed by atoms with Crippen molar-refractivity contribution in [3.05, 3.63) is 20.8 Å². The van der Waals surface area contributed by atoms with E-state index in [2.05, 4.69) is 5.32 Å². The van der Waals surface area contributed by atoms with Gasteiger partial charge in [0, 0.05) is 18.0 Å². The molecule has 0 bridgehead atoms. The first-order valence-electron chi connectivity index (χ1n) is 9.55. The van der Waals surface area contributed by atoms with E-state index in [1.807, 2.05) is 11.5 Å². The van der Waals surface area contributed by atoms with Crippen molar-refractivity contribution in [2.24, 2.45) is 0 Å². The number of hydrogen-bond acceptors (Lipinski definition) is 5. The number of hydrogen-bond donors (Lipinski definition) is 1. The monoisotopic (exact) mass is 391 g/mol. The average molecular weight is 392 g/mol. The Bertz CT molecular complexity index is 896. The van der Waals surface area contributed by atoms with Gasteiger partial charge in [-0.1, -0.05) is 24.6 Å². The number of amides is 1. The van der Waals surface area contributed by atoms with E-state index in [4.69, 9.17) is 4.98 Å². The topological polar surface area (TPSA) is 64.0 Å². The first kappa shape index (κ1) is 18.0. The Morgan fingerprint density at radius 2 is 2.00 bits per heavy atom. The third-order valence-corrected chi connectivity index (χ3v) is 7.83. The van der Waals surface area contributed by atoms with Crippen LogP contribution in [0.5, 0.6) is 0 Å². The standard InChI is InChI=1S/C19H25N3O2S2/c1-11(16(23)20-2)25-19-21-17-15(13-9-5-6-10-14(13)26-17)18(24)22(19)12-7-3-4-8-12/h11-12H,3-10H2,1-2H3,(H,20,23). The molecule has 2 heterocycles. The van der Waals surface area contributed by atoms with Crippen LogP contribution in [-0.2, 0) is 17.6 Å². The molecule has 1 unspecified atom stereocenters. The lowest BCUT2D eigenvalue weighted by molar-refractivity contribution is -0.119. The zero-order valence-electron chi connectivity index (χ0n) is 15.3. The predicted molar refractivity (Wildman–Crippen MR) is 107 cm³/mol. The van der Waals surface area contributed by atoms with Crippen molar-refractivity contribution in [3.63, 3.8) is 0 Å². The molecule has 1 N–H and O–H groups in total. The fourth-order valence-electron chi connectivity index (χ4n) is 4.18. The number of carbonyl (C=O) groups excluding carboxylic acids is 1. The Hall–Kier alpha value is -1.34. The van der Waals surface area contributed by atoms with Crippen molar-refractivity contribution in [2.45, 2.75) is 74.7 Å². The van der Waals surface area contributed by atoms with Crippen LogP contribution in [0.2, 0.25) is 0 Å². The number of aromatic nitrogens is 2. The maximum absolute atomic E-state index is 13.5. The number of rotatable bonds is 4. The molecule has 2 aliphatic carbocycles. The number of thiophene rings is 1. The van der Waals surface area contributed by atoms with E-state index in [-0.39, 0.29) is 22.8 Å². The Morgan fingerprint density at radius 1 is 1.27 bits per heavy atom. The Labute approximate surface area is 161 Å². The van der Waals surface area contributed by atoms with Crippen LogP contribution in [0.1, 0.15) is 61.9 Å². The molecule has 26 heavy (non-hydrogen) atoms. The third-order valence-electron chi connectivity index (χ3n) is 5.58. The van der Waals surface area contributed by atoms with Gasteiger partial charge >= 0.3 is 0 Å². The van der Waals surface area contributed by atoms with Gasteiger partial charge in [0.15, 0.2) is 5.16 Å².